The predicted molar refractivity (Wildman–Crippen MR) is 88.2 cm³/mol. The van der Waals surface area contributed by atoms with Crippen LogP contribution in [-0.2, 0) is 16.4 Å². The lowest BCUT2D eigenvalue weighted by molar-refractivity contribution is 0.254. The molecule has 7 heteroatoms. The normalized spacial score (nSPS) is 27.6. The molecule has 0 amide bonds. The number of halogens is 1. The van der Waals surface area contributed by atoms with Crippen molar-refractivity contribution in [2.45, 2.75) is 43.7 Å². The maximum Gasteiger partial charge on any atom is 0.240 e. The molecule has 0 saturated carbocycles. The molecule has 1 aromatic rings. The predicted octanol–water partition coefficient (Wildman–Crippen LogP) is 1.71. The summed E-state index contributed by atoms with van der Waals surface area (Å²) < 4.78 is 33.6. The van der Waals surface area contributed by atoms with Gasteiger partial charge >= 0.3 is 0 Å². The van der Waals surface area contributed by atoms with Gasteiger partial charge in [0.1, 0.15) is 11.9 Å². The van der Waals surface area contributed by atoms with Crippen LogP contribution in [0.25, 0.3) is 0 Å². The fourth-order valence-electron chi connectivity index (χ4n) is 3.02. The third-order valence-electron chi connectivity index (χ3n) is 4.27. The van der Waals surface area contributed by atoms with Crippen LogP contribution < -0.4 is 14.8 Å². The van der Waals surface area contributed by atoms with Crippen LogP contribution in [0.15, 0.2) is 23.1 Å². The minimum Gasteiger partial charge on any atom is -0.490 e. The van der Waals surface area contributed by atoms with Crippen LogP contribution in [0.1, 0.15) is 25.8 Å². The van der Waals surface area contributed by atoms with Crippen LogP contribution in [-0.4, -0.2) is 33.7 Å². The second-order valence-corrected chi connectivity index (χ2v) is 7.81. The quantitative estimate of drug-likeness (QED) is 0.874. The number of hydrogen-bond donors (Lipinski definition) is 2. The summed E-state index contributed by atoms with van der Waals surface area (Å²) in [6.07, 6.45) is 1.71. The van der Waals surface area contributed by atoms with Gasteiger partial charge in [-0.05, 0) is 56.1 Å². The highest BCUT2D eigenvalue weighted by molar-refractivity contribution is 7.89. The summed E-state index contributed by atoms with van der Waals surface area (Å²) in [6, 6.07) is 5.14. The van der Waals surface area contributed by atoms with Gasteiger partial charge in [0.2, 0.25) is 10.0 Å². The first-order valence-electron chi connectivity index (χ1n) is 7.48. The second-order valence-electron chi connectivity index (χ2n) is 6.10. The molecule has 1 fully saturated rings. The van der Waals surface area contributed by atoms with E-state index in [1.165, 1.54) is 0 Å². The Morgan fingerprint density at radius 3 is 2.82 bits per heavy atom. The molecular weight excluding hydrogens is 324 g/mol. The van der Waals surface area contributed by atoms with E-state index in [2.05, 4.69) is 17.0 Å². The lowest BCUT2D eigenvalue weighted by Crippen LogP contribution is -2.48. The Bertz CT molecular complexity index is 636. The topological polar surface area (TPSA) is 67.4 Å². The lowest BCUT2D eigenvalue weighted by atomic mass is 9.97. The fourth-order valence-corrected chi connectivity index (χ4v) is 4.45. The lowest BCUT2D eigenvalue weighted by Gasteiger charge is -2.30. The Kier molecular flexibility index (Phi) is 5.37. The van der Waals surface area contributed by atoms with Crippen LogP contribution in [0.5, 0.6) is 5.75 Å². The van der Waals surface area contributed by atoms with Crippen molar-refractivity contribution in [3.63, 3.8) is 0 Å². The van der Waals surface area contributed by atoms with Crippen molar-refractivity contribution in [1.29, 1.82) is 0 Å². The van der Waals surface area contributed by atoms with Crippen LogP contribution >= 0.6 is 12.4 Å². The highest BCUT2D eigenvalue weighted by Crippen LogP contribution is 2.30. The smallest absolute Gasteiger partial charge is 0.240 e. The van der Waals surface area contributed by atoms with Crippen molar-refractivity contribution < 1.29 is 13.2 Å². The van der Waals surface area contributed by atoms with Crippen molar-refractivity contribution in [2.24, 2.45) is 5.92 Å². The molecule has 2 heterocycles. The van der Waals surface area contributed by atoms with Gasteiger partial charge in [0.25, 0.3) is 0 Å². The van der Waals surface area contributed by atoms with Gasteiger partial charge in [-0.25, -0.2) is 13.1 Å². The molecular formula is C15H23ClN2O3S. The van der Waals surface area contributed by atoms with Crippen molar-refractivity contribution in [3.8, 4) is 5.75 Å². The van der Waals surface area contributed by atoms with E-state index in [-0.39, 0.29) is 24.6 Å². The highest BCUT2D eigenvalue weighted by Gasteiger charge is 2.28. The van der Waals surface area contributed by atoms with E-state index in [4.69, 9.17) is 4.74 Å². The standard InChI is InChI=1S/C15H22N2O3S.ClH/c1-10-9-16-6-5-14(10)17-21(18,19)13-3-4-15-12(8-13)7-11(2)20-15;/h3-4,8,10-11,14,16-17H,5-7,9H2,1-2H3;1H. The summed E-state index contributed by atoms with van der Waals surface area (Å²) in [7, 11) is -3.47. The molecule has 3 rings (SSSR count). The Morgan fingerprint density at radius 1 is 1.32 bits per heavy atom. The van der Waals surface area contributed by atoms with Gasteiger partial charge in [-0.3, -0.25) is 0 Å². The summed E-state index contributed by atoms with van der Waals surface area (Å²) in [4.78, 5) is 0.338. The van der Waals surface area contributed by atoms with Gasteiger partial charge < -0.3 is 10.1 Å². The van der Waals surface area contributed by atoms with Gasteiger partial charge in [0.05, 0.1) is 4.90 Å². The van der Waals surface area contributed by atoms with E-state index in [1.807, 2.05) is 6.92 Å². The number of benzene rings is 1. The molecule has 3 unspecified atom stereocenters. The maximum absolute atomic E-state index is 12.6. The molecule has 22 heavy (non-hydrogen) atoms. The molecule has 0 radical (unpaired) electrons. The molecule has 0 aliphatic carbocycles. The summed E-state index contributed by atoms with van der Waals surface area (Å²) in [5.74, 6) is 1.10. The average Bonchev–Trinajstić information content (AvgIpc) is 2.80. The summed E-state index contributed by atoms with van der Waals surface area (Å²) in [5, 5.41) is 3.28. The number of fused-ring (bicyclic) bond motifs is 1. The number of sulfonamides is 1. The Labute approximate surface area is 138 Å². The van der Waals surface area contributed by atoms with E-state index in [0.717, 1.165) is 37.2 Å². The van der Waals surface area contributed by atoms with E-state index in [0.29, 0.717) is 10.8 Å². The Morgan fingerprint density at radius 2 is 2.09 bits per heavy atom. The third kappa shape index (κ3) is 3.56. The number of ether oxygens (including phenoxy) is 1. The fraction of sp³-hybridized carbons (Fsp3) is 0.600. The average molecular weight is 347 g/mol. The largest absolute Gasteiger partial charge is 0.490 e. The third-order valence-corrected chi connectivity index (χ3v) is 5.76. The first-order chi connectivity index (χ1) is 9.95. The Hall–Kier alpha value is -0.820. The first kappa shape index (κ1) is 17.5. The highest BCUT2D eigenvalue weighted by atomic mass is 35.5. The van der Waals surface area contributed by atoms with Gasteiger partial charge in [-0.1, -0.05) is 6.92 Å². The molecule has 124 valence electrons. The van der Waals surface area contributed by atoms with Crippen molar-refractivity contribution >= 4 is 22.4 Å². The molecule has 2 aliphatic heterocycles. The number of nitrogens with one attached hydrogen (secondary N) is 2. The molecule has 5 nitrogen and oxygen atoms in total. The maximum atomic E-state index is 12.6. The molecule has 1 saturated heterocycles. The second kappa shape index (κ2) is 6.74. The van der Waals surface area contributed by atoms with Crippen LogP contribution in [0.3, 0.4) is 0 Å². The zero-order chi connectivity index (χ0) is 15.0. The summed E-state index contributed by atoms with van der Waals surface area (Å²) in [6.45, 7) is 5.76. The first-order valence-corrected chi connectivity index (χ1v) is 8.96. The monoisotopic (exact) mass is 346 g/mol. The van der Waals surface area contributed by atoms with E-state index < -0.39 is 10.0 Å². The van der Waals surface area contributed by atoms with Crippen LogP contribution in [0.2, 0.25) is 0 Å². The zero-order valence-corrected chi connectivity index (χ0v) is 14.5. The van der Waals surface area contributed by atoms with Gasteiger partial charge in [0, 0.05) is 12.5 Å². The molecule has 2 N–H and O–H groups in total. The number of hydrogen-bond acceptors (Lipinski definition) is 4. The molecule has 0 spiro atoms. The van der Waals surface area contributed by atoms with Crippen LogP contribution in [0.4, 0.5) is 0 Å². The van der Waals surface area contributed by atoms with Gasteiger partial charge in [-0.2, -0.15) is 0 Å². The molecule has 0 aromatic heterocycles. The summed E-state index contributed by atoms with van der Waals surface area (Å²) in [5.41, 5.74) is 0.976. The molecule has 0 bridgehead atoms. The van der Waals surface area contributed by atoms with Crippen LogP contribution in [0, 0.1) is 5.92 Å². The summed E-state index contributed by atoms with van der Waals surface area (Å²) >= 11 is 0. The zero-order valence-electron chi connectivity index (χ0n) is 12.8. The van der Waals surface area contributed by atoms with Crippen molar-refractivity contribution in [3.05, 3.63) is 23.8 Å². The van der Waals surface area contributed by atoms with E-state index >= 15 is 0 Å². The van der Waals surface area contributed by atoms with E-state index in [1.54, 1.807) is 18.2 Å². The van der Waals surface area contributed by atoms with Crippen molar-refractivity contribution in [1.82, 2.24) is 10.0 Å². The minimum atomic E-state index is -3.47. The van der Waals surface area contributed by atoms with Gasteiger partial charge in [-0.15, -0.1) is 12.4 Å². The molecule has 2 aliphatic rings. The number of piperidine rings is 1. The Balaban J connectivity index is 0.00000176. The molecule has 3 atom stereocenters. The van der Waals surface area contributed by atoms with E-state index in [9.17, 15) is 8.42 Å². The minimum absolute atomic E-state index is 0. The van der Waals surface area contributed by atoms with Crippen molar-refractivity contribution in [2.75, 3.05) is 13.1 Å². The number of rotatable bonds is 3. The molecule has 1 aromatic carbocycles. The van der Waals surface area contributed by atoms with Gasteiger partial charge in [0.15, 0.2) is 0 Å². The SMILES string of the molecule is CC1Cc2cc(S(=O)(=O)NC3CCNCC3C)ccc2O1.Cl.